The molecule has 1 aromatic heterocycles. The minimum atomic E-state index is -1.04. The van der Waals surface area contributed by atoms with E-state index in [4.69, 9.17) is 9.73 Å². The van der Waals surface area contributed by atoms with Crippen LogP contribution in [-0.2, 0) is 30.5 Å². The van der Waals surface area contributed by atoms with Crippen LogP contribution in [0, 0.1) is 0 Å². The second kappa shape index (κ2) is 10.7. The number of ether oxygens (including phenoxy) is 1. The van der Waals surface area contributed by atoms with Gasteiger partial charge in [-0.15, -0.1) is 0 Å². The SMILES string of the molecule is CCNC(=NCc1cccc(CN2CCOC(C)C2)c1)NCC(C)(O)c1cnn(C)c1. The molecule has 3 rings (SSSR count). The zero-order valence-corrected chi connectivity index (χ0v) is 19.1. The molecule has 170 valence electrons. The van der Waals surface area contributed by atoms with Crippen molar-refractivity contribution in [3.05, 3.63) is 53.3 Å². The van der Waals surface area contributed by atoms with Crippen LogP contribution in [0.4, 0.5) is 0 Å². The van der Waals surface area contributed by atoms with Crippen LogP contribution in [0.3, 0.4) is 0 Å². The molecule has 0 amide bonds. The van der Waals surface area contributed by atoms with Gasteiger partial charge in [-0.05, 0) is 31.9 Å². The maximum atomic E-state index is 10.8. The van der Waals surface area contributed by atoms with Gasteiger partial charge >= 0.3 is 0 Å². The molecule has 3 N–H and O–H groups in total. The van der Waals surface area contributed by atoms with Crippen molar-refractivity contribution in [3.63, 3.8) is 0 Å². The third-order valence-electron chi connectivity index (χ3n) is 5.41. The van der Waals surface area contributed by atoms with E-state index in [-0.39, 0.29) is 0 Å². The summed E-state index contributed by atoms with van der Waals surface area (Å²) in [5.41, 5.74) is 2.18. The quantitative estimate of drug-likeness (QED) is 0.437. The first-order valence-corrected chi connectivity index (χ1v) is 11.0. The molecule has 1 saturated heterocycles. The van der Waals surface area contributed by atoms with Gasteiger partial charge in [0.25, 0.3) is 0 Å². The van der Waals surface area contributed by atoms with Gasteiger partial charge < -0.3 is 20.5 Å². The summed E-state index contributed by atoms with van der Waals surface area (Å²) in [5, 5.41) is 21.5. The summed E-state index contributed by atoms with van der Waals surface area (Å²) in [6.07, 6.45) is 3.80. The highest BCUT2D eigenvalue weighted by atomic mass is 16.5. The average Bonchev–Trinajstić information content (AvgIpc) is 3.18. The number of aryl methyl sites for hydroxylation is 1. The van der Waals surface area contributed by atoms with Gasteiger partial charge in [0.2, 0.25) is 0 Å². The number of hydrogen-bond donors (Lipinski definition) is 3. The molecule has 2 aromatic rings. The molecule has 2 heterocycles. The molecule has 1 aliphatic heterocycles. The zero-order chi connectivity index (χ0) is 22.3. The minimum Gasteiger partial charge on any atom is -0.383 e. The fraction of sp³-hybridized carbons (Fsp3) is 0.565. The molecule has 2 atom stereocenters. The number of nitrogens with one attached hydrogen (secondary N) is 2. The molecule has 8 heteroatoms. The van der Waals surface area contributed by atoms with Crippen LogP contribution < -0.4 is 10.6 Å². The fourth-order valence-corrected chi connectivity index (χ4v) is 3.69. The van der Waals surface area contributed by atoms with Gasteiger partial charge in [-0.25, -0.2) is 4.99 Å². The molecule has 1 aliphatic rings. The van der Waals surface area contributed by atoms with E-state index < -0.39 is 5.60 Å². The Balaban J connectivity index is 1.59. The molecule has 8 nitrogen and oxygen atoms in total. The van der Waals surface area contributed by atoms with Crippen molar-refractivity contribution in [2.45, 2.75) is 45.6 Å². The van der Waals surface area contributed by atoms with Crippen LogP contribution >= 0.6 is 0 Å². The van der Waals surface area contributed by atoms with Crippen molar-refractivity contribution < 1.29 is 9.84 Å². The largest absolute Gasteiger partial charge is 0.383 e. The van der Waals surface area contributed by atoms with Gasteiger partial charge in [-0.2, -0.15) is 5.10 Å². The van der Waals surface area contributed by atoms with Crippen LogP contribution in [0.1, 0.15) is 37.5 Å². The van der Waals surface area contributed by atoms with Crippen molar-refractivity contribution in [2.24, 2.45) is 12.0 Å². The monoisotopic (exact) mass is 428 g/mol. The van der Waals surface area contributed by atoms with E-state index in [1.165, 1.54) is 5.56 Å². The Morgan fingerprint density at radius 2 is 2.16 bits per heavy atom. The third kappa shape index (κ3) is 7.05. The van der Waals surface area contributed by atoms with Crippen molar-refractivity contribution in [3.8, 4) is 0 Å². The lowest BCUT2D eigenvalue weighted by molar-refractivity contribution is -0.0212. The van der Waals surface area contributed by atoms with E-state index in [1.807, 2.05) is 20.2 Å². The Kier molecular flexibility index (Phi) is 8.06. The van der Waals surface area contributed by atoms with Crippen molar-refractivity contribution >= 4 is 5.96 Å². The number of rotatable bonds is 8. The summed E-state index contributed by atoms with van der Waals surface area (Å²) in [5.74, 6) is 0.680. The average molecular weight is 429 g/mol. The number of benzene rings is 1. The maximum absolute atomic E-state index is 10.8. The standard InChI is InChI=1S/C23H36N6O2/c1-5-24-22(26-17-23(3,30)21-13-27-28(4)16-21)25-12-19-7-6-8-20(11-19)15-29-9-10-31-18(2)14-29/h6-8,11,13,16,18,30H,5,9-10,12,14-15,17H2,1-4H3,(H2,24,25,26). The Hall–Kier alpha value is -2.42. The Bertz CT molecular complexity index is 863. The van der Waals surface area contributed by atoms with Crippen LogP contribution in [-0.4, -0.2) is 64.6 Å². The number of hydrogen-bond acceptors (Lipinski definition) is 5. The first-order valence-electron chi connectivity index (χ1n) is 11.0. The van der Waals surface area contributed by atoms with Crippen molar-refractivity contribution in [1.29, 1.82) is 0 Å². The lowest BCUT2D eigenvalue weighted by atomic mass is 10.00. The predicted octanol–water partition coefficient (Wildman–Crippen LogP) is 1.60. The van der Waals surface area contributed by atoms with Gasteiger partial charge in [0.15, 0.2) is 5.96 Å². The topological polar surface area (TPSA) is 86.9 Å². The summed E-state index contributed by atoms with van der Waals surface area (Å²) in [7, 11) is 1.84. The molecule has 1 aromatic carbocycles. The van der Waals surface area contributed by atoms with E-state index in [9.17, 15) is 5.11 Å². The fourth-order valence-electron chi connectivity index (χ4n) is 3.69. The molecule has 0 spiro atoms. The molecule has 0 saturated carbocycles. The summed E-state index contributed by atoms with van der Waals surface area (Å²) in [4.78, 5) is 7.15. The number of aromatic nitrogens is 2. The van der Waals surface area contributed by atoms with Gasteiger partial charge in [-0.3, -0.25) is 9.58 Å². The number of nitrogens with zero attached hydrogens (tertiary/aromatic N) is 4. The Morgan fingerprint density at radius 1 is 1.35 bits per heavy atom. The van der Waals surface area contributed by atoms with Crippen LogP contribution in [0.5, 0.6) is 0 Å². The smallest absolute Gasteiger partial charge is 0.191 e. The van der Waals surface area contributed by atoms with Crippen molar-refractivity contribution in [1.82, 2.24) is 25.3 Å². The minimum absolute atomic E-state index is 0.291. The first-order chi connectivity index (χ1) is 14.9. The zero-order valence-electron chi connectivity index (χ0n) is 19.1. The molecule has 0 bridgehead atoms. The van der Waals surface area contributed by atoms with E-state index in [2.05, 4.69) is 51.8 Å². The molecular formula is C23H36N6O2. The number of aliphatic hydroxyl groups is 1. The van der Waals surface area contributed by atoms with Gasteiger partial charge in [0, 0.05) is 45.0 Å². The summed E-state index contributed by atoms with van der Waals surface area (Å²) >= 11 is 0. The molecule has 2 unspecified atom stereocenters. The predicted molar refractivity (Wildman–Crippen MR) is 123 cm³/mol. The van der Waals surface area contributed by atoms with E-state index in [1.54, 1.807) is 17.8 Å². The maximum Gasteiger partial charge on any atom is 0.191 e. The molecule has 31 heavy (non-hydrogen) atoms. The summed E-state index contributed by atoms with van der Waals surface area (Å²) in [6, 6.07) is 8.59. The van der Waals surface area contributed by atoms with E-state index in [0.29, 0.717) is 25.2 Å². The summed E-state index contributed by atoms with van der Waals surface area (Å²) in [6.45, 7) is 11.2. The molecular weight excluding hydrogens is 392 g/mol. The van der Waals surface area contributed by atoms with Gasteiger partial charge in [0.05, 0.1) is 32.0 Å². The number of aliphatic imine (C=N–C) groups is 1. The third-order valence-corrected chi connectivity index (χ3v) is 5.41. The lowest BCUT2D eigenvalue weighted by Gasteiger charge is -2.31. The molecule has 0 aliphatic carbocycles. The normalized spacial score (nSPS) is 19.8. The van der Waals surface area contributed by atoms with Crippen LogP contribution in [0.2, 0.25) is 0 Å². The highest BCUT2D eigenvalue weighted by Crippen LogP contribution is 2.18. The van der Waals surface area contributed by atoms with Crippen LogP contribution in [0.25, 0.3) is 0 Å². The van der Waals surface area contributed by atoms with Crippen LogP contribution in [0.15, 0.2) is 41.7 Å². The highest BCUT2D eigenvalue weighted by molar-refractivity contribution is 5.79. The lowest BCUT2D eigenvalue weighted by Crippen LogP contribution is -2.44. The van der Waals surface area contributed by atoms with E-state index >= 15 is 0 Å². The Morgan fingerprint density at radius 3 is 2.87 bits per heavy atom. The number of morpholine rings is 1. The molecule has 0 radical (unpaired) electrons. The van der Waals surface area contributed by atoms with Gasteiger partial charge in [-0.1, -0.05) is 24.3 Å². The number of guanidine groups is 1. The Labute approximate surface area is 185 Å². The molecule has 1 fully saturated rings. The summed E-state index contributed by atoms with van der Waals surface area (Å²) < 4.78 is 7.33. The second-order valence-electron chi connectivity index (χ2n) is 8.46. The highest BCUT2D eigenvalue weighted by Gasteiger charge is 2.25. The second-order valence-corrected chi connectivity index (χ2v) is 8.46. The van der Waals surface area contributed by atoms with E-state index in [0.717, 1.165) is 43.9 Å². The first kappa shape index (κ1) is 23.2. The van der Waals surface area contributed by atoms with Crippen molar-refractivity contribution in [2.75, 3.05) is 32.8 Å². The van der Waals surface area contributed by atoms with Gasteiger partial charge in [0.1, 0.15) is 5.60 Å².